The van der Waals surface area contributed by atoms with Crippen LogP contribution in [0.4, 0.5) is 11.4 Å². The molecule has 3 rings (SSSR count). The van der Waals surface area contributed by atoms with Gasteiger partial charge in [0.2, 0.25) is 5.91 Å². The van der Waals surface area contributed by atoms with Crippen molar-refractivity contribution in [2.75, 3.05) is 24.5 Å². The molecule has 4 nitrogen and oxygen atoms in total. The lowest BCUT2D eigenvalue weighted by Crippen LogP contribution is -2.64. The van der Waals surface area contributed by atoms with Gasteiger partial charge in [-0.3, -0.25) is 9.28 Å². The van der Waals surface area contributed by atoms with E-state index in [9.17, 15) is 4.79 Å². The van der Waals surface area contributed by atoms with Crippen LogP contribution in [-0.2, 0) is 11.2 Å². The van der Waals surface area contributed by atoms with Gasteiger partial charge in [-0.25, -0.2) is 0 Å². The topological polar surface area (TPSA) is 46.3 Å². The number of aryl methyl sites for hydroxylation is 2. The van der Waals surface area contributed by atoms with Crippen LogP contribution in [0.25, 0.3) is 0 Å². The number of fused-ring (bicyclic) bond motifs is 1. The van der Waals surface area contributed by atoms with E-state index in [0.29, 0.717) is 18.5 Å². The second-order valence-electron chi connectivity index (χ2n) is 9.98. The highest BCUT2D eigenvalue weighted by Gasteiger charge is 2.48. The van der Waals surface area contributed by atoms with Crippen LogP contribution in [0.1, 0.15) is 88.8 Å². The Kier molecular flexibility index (Phi) is 7.49. The van der Waals surface area contributed by atoms with E-state index >= 15 is 0 Å². The Morgan fingerprint density at radius 3 is 2.47 bits per heavy atom. The second kappa shape index (κ2) is 9.72. The number of likely N-dealkylation sites (tertiary alicyclic amines) is 1. The zero-order chi connectivity index (χ0) is 21.9. The van der Waals surface area contributed by atoms with Crippen molar-refractivity contribution in [3.05, 3.63) is 22.8 Å². The fraction of sp³-hybridized carbons (Fsp3) is 0.731. The predicted octanol–water partition coefficient (Wildman–Crippen LogP) is 5.39. The molecule has 1 saturated heterocycles. The molecular formula is C26H44N3O+. The molecule has 2 aliphatic rings. The SMILES string of the molecule is CCCCCCN1CCc2c(C)cc(C)c([N+]3(CCC(N)=O)C(C)CCCC3C)c21. The minimum atomic E-state index is -0.171. The van der Waals surface area contributed by atoms with Crippen LogP contribution in [0.15, 0.2) is 6.07 Å². The molecule has 4 heteroatoms. The van der Waals surface area contributed by atoms with Crippen LogP contribution < -0.4 is 15.1 Å². The molecule has 0 radical (unpaired) electrons. The van der Waals surface area contributed by atoms with Crippen LogP contribution in [0.5, 0.6) is 0 Å². The number of hydrogen-bond donors (Lipinski definition) is 1. The first-order valence-corrected chi connectivity index (χ1v) is 12.4. The first-order chi connectivity index (χ1) is 14.3. The van der Waals surface area contributed by atoms with Gasteiger partial charge in [0, 0.05) is 18.7 Å². The number of nitrogens with zero attached hydrogens (tertiary/aromatic N) is 2. The van der Waals surface area contributed by atoms with Crippen LogP contribution in [0.2, 0.25) is 0 Å². The maximum atomic E-state index is 11.9. The van der Waals surface area contributed by atoms with Gasteiger partial charge in [0.05, 0.1) is 25.0 Å². The van der Waals surface area contributed by atoms with Gasteiger partial charge in [-0.2, -0.15) is 0 Å². The number of primary amides is 1. The summed E-state index contributed by atoms with van der Waals surface area (Å²) in [5, 5.41) is 0. The van der Waals surface area contributed by atoms with Gasteiger partial charge in [0.15, 0.2) is 5.69 Å². The van der Waals surface area contributed by atoms with Crippen molar-refractivity contribution in [2.45, 2.75) is 104 Å². The Morgan fingerprint density at radius 2 is 1.83 bits per heavy atom. The molecule has 30 heavy (non-hydrogen) atoms. The normalized spacial score (nSPS) is 26.1. The number of benzene rings is 1. The second-order valence-corrected chi connectivity index (χ2v) is 9.98. The van der Waals surface area contributed by atoms with Crippen molar-refractivity contribution in [1.29, 1.82) is 0 Å². The van der Waals surface area contributed by atoms with Crippen LogP contribution >= 0.6 is 0 Å². The summed E-state index contributed by atoms with van der Waals surface area (Å²) in [6.07, 6.45) is 10.5. The summed E-state index contributed by atoms with van der Waals surface area (Å²) in [5.74, 6) is -0.171. The minimum Gasteiger partial charge on any atom is -0.369 e. The van der Waals surface area contributed by atoms with E-state index in [1.807, 2.05) is 0 Å². The van der Waals surface area contributed by atoms with Crippen molar-refractivity contribution in [3.63, 3.8) is 0 Å². The molecule has 168 valence electrons. The van der Waals surface area contributed by atoms with Gasteiger partial charge in [-0.05, 0) is 70.9 Å². The van der Waals surface area contributed by atoms with Gasteiger partial charge in [0.25, 0.3) is 0 Å². The minimum absolute atomic E-state index is 0.171. The summed E-state index contributed by atoms with van der Waals surface area (Å²) in [6.45, 7) is 14.8. The van der Waals surface area contributed by atoms with Crippen LogP contribution in [-0.4, -0.2) is 37.6 Å². The predicted molar refractivity (Wildman–Crippen MR) is 129 cm³/mol. The van der Waals surface area contributed by atoms with Gasteiger partial charge in [0.1, 0.15) is 5.69 Å². The van der Waals surface area contributed by atoms with Crippen LogP contribution in [0.3, 0.4) is 0 Å². The standard InChI is InChI=1S/C26H43N3O/c1-6-7-8-9-15-28-16-13-23-19(2)18-20(3)26(25(23)28)29(17-14-24(27)30)21(4)11-10-12-22(29)5/h18,21-22H,6-17H2,1-5H3,(H-,27,30)/p+1. The number of amides is 1. The number of nitrogens with two attached hydrogens (primary N) is 1. The zero-order valence-corrected chi connectivity index (χ0v) is 20.1. The number of quaternary nitrogens is 1. The number of unbranched alkanes of at least 4 members (excludes halogenated alkanes) is 3. The molecule has 2 heterocycles. The maximum Gasteiger partial charge on any atom is 0.223 e. The average Bonchev–Trinajstić information content (AvgIpc) is 3.10. The molecule has 0 saturated carbocycles. The molecule has 0 aliphatic carbocycles. The Hall–Kier alpha value is -1.55. The molecular weight excluding hydrogens is 370 g/mol. The molecule has 0 aromatic heterocycles. The fourth-order valence-corrected chi connectivity index (χ4v) is 6.38. The highest BCUT2D eigenvalue weighted by atomic mass is 16.1. The monoisotopic (exact) mass is 414 g/mol. The summed E-state index contributed by atoms with van der Waals surface area (Å²) >= 11 is 0. The van der Waals surface area contributed by atoms with E-state index in [4.69, 9.17) is 5.73 Å². The largest absolute Gasteiger partial charge is 0.369 e. The van der Waals surface area contributed by atoms with E-state index in [1.54, 1.807) is 5.56 Å². The summed E-state index contributed by atoms with van der Waals surface area (Å²) < 4.78 is 0.933. The number of piperidine rings is 1. The van der Waals surface area contributed by atoms with E-state index in [-0.39, 0.29) is 5.91 Å². The van der Waals surface area contributed by atoms with Crippen molar-refractivity contribution in [1.82, 2.24) is 4.48 Å². The summed E-state index contributed by atoms with van der Waals surface area (Å²) in [5.41, 5.74) is 13.1. The summed E-state index contributed by atoms with van der Waals surface area (Å²) in [6, 6.07) is 3.44. The van der Waals surface area contributed by atoms with Gasteiger partial charge >= 0.3 is 0 Å². The maximum absolute atomic E-state index is 11.9. The molecule has 1 fully saturated rings. The van der Waals surface area contributed by atoms with Gasteiger partial charge in [-0.15, -0.1) is 0 Å². The number of anilines is 1. The summed E-state index contributed by atoms with van der Waals surface area (Å²) in [4.78, 5) is 14.5. The highest BCUT2D eigenvalue weighted by Crippen LogP contribution is 2.49. The van der Waals surface area contributed by atoms with Crippen molar-refractivity contribution >= 4 is 17.3 Å². The molecule has 1 aromatic carbocycles. The van der Waals surface area contributed by atoms with Crippen LogP contribution in [0, 0.1) is 13.8 Å². The average molecular weight is 415 g/mol. The zero-order valence-electron chi connectivity index (χ0n) is 20.1. The Balaban J connectivity index is 2.10. The molecule has 2 unspecified atom stereocenters. The third-order valence-corrected chi connectivity index (χ3v) is 7.98. The van der Waals surface area contributed by atoms with E-state index in [0.717, 1.165) is 30.5 Å². The third-order valence-electron chi connectivity index (χ3n) is 7.98. The molecule has 2 N–H and O–H groups in total. The molecule has 0 spiro atoms. The number of hydrogen-bond acceptors (Lipinski definition) is 2. The molecule has 1 aromatic rings. The lowest BCUT2D eigenvalue weighted by Gasteiger charge is -2.52. The first kappa shape index (κ1) is 23.1. The van der Waals surface area contributed by atoms with E-state index in [1.165, 1.54) is 67.4 Å². The fourth-order valence-electron chi connectivity index (χ4n) is 6.38. The lowest BCUT2D eigenvalue weighted by molar-refractivity contribution is -0.118. The lowest BCUT2D eigenvalue weighted by atomic mass is 9.88. The Bertz CT molecular complexity index is 747. The van der Waals surface area contributed by atoms with E-state index < -0.39 is 0 Å². The number of rotatable bonds is 9. The van der Waals surface area contributed by atoms with Gasteiger partial charge < -0.3 is 10.6 Å². The Morgan fingerprint density at radius 1 is 1.13 bits per heavy atom. The van der Waals surface area contributed by atoms with E-state index in [2.05, 4.69) is 45.6 Å². The summed E-state index contributed by atoms with van der Waals surface area (Å²) in [7, 11) is 0. The third kappa shape index (κ3) is 4.26. The number of carbonyl (C=O) groups is 1. The molecule has 2 aliphatic heterocycles. The number of carbonyl (C=O) groups excluding carboxylic acids is 1. The first-order valence-electron chi connectivity index (χ1n) is 12.4. The quantitative estimate of drug-likeness (QED) is 0.435. The molecule has 1 amide bonds. The Labute approximate surface area is 184 Å². The van der Waals surface area contributed by atoms with Gasteiger partial charge in [-0.1, -0.05) is 32.3 Å². The molecule has 2 atom stereocenters. The highest BCUT2D eigenvalue weighted by molar-refractivity contribution is 5.81. The van der Waals surface area contributed by atoms with Crippen molar-refractivity contribution in [2.24, 2.45) is 5.73 Å². The van der Waals surface area contributed by atoms with Crippen molar-refractivity contribution in [3.8, 4) is 0 Å². The van der Waals surface area contributed by atoms with Crippen molar-refractivity contribution < 1.29 is 4.79 Å². The smallest absolute Gasteiger partial charge is 0.223 e. The molecule has 0 bridgehead atoms.